The van der Waals surface area contributed by atoms with Crippen LogP contribution in [0.3, 0.4) is 0 Å². The molecule has 1 aromatic heterocycles. The van der Waals surface area contributed by atoms with Gasteiger partial charge < -0.3 is 9.47 Å². The lowest BCUT2D eigenvalue weighted by molar-refractivity contribution is -0.137. The predicted molar refractivity (Wildman–Crippen MR) is 126 cm³/mol. The normalized spacial score (nSPS) is 11.1. The summed E-state index contributed by atoms with van der Waals surface area (Å²) in [6, 6.07) is 25.9. The SMILES string of the molecule is C=Cc1ccc(C(F)(F)F)cc1-c1ccc(OCc2ccccc2)nc1OCc1ccccc1. The van der Waals surface area contributed by atoms with Crippen molar-refractivity contribution < 1.29 is 22.6 Å². The van der Waals surface area contributed by atoms with Crippen molar-refractivity contribution >= 4 is 6.08 Å². The van der Waals surface area contributed by atoms with Crippen LogP contribution in [-0.4, -0.2) is 4.98 Å². The molecule has 0 saturated heterocycles. The first-order valence-corrected chi connectivity index (χ1v) is 10.6. The number of aromatic nitrogens is 1. The molecule has 34 heavy (non-hydrogen) atoms. The second-order valence-electron chi connectivity index (χ2n) is 7.55. The van der Waals surface area contributed by atoms with Gasteiger partial charge in [-0.1, -0.05) is 79.4 Å². The average Bonchev–Trinajstić information content (AvgIpc) is 2.86. The maximum atomic E-state index is 13.4. The zero-order valence-electron chi connectivity index (χ0n) is 18.3. The Morgan fingerprint density at radius 2 is 1.35 bits per heavy atom. The minimum absolute atomic E-state index is 0.178. The lowest BCUT2D eigenvalue weighted by atomic mass is 9.97. The van der Waals surface area contributed by atoms with Crippen LogP contribution in [0, 0.1) is 0 Å². The molecule has 0 aliphatic heterocycles. The van der Waals surface area contributed by atoms with E-state index >= 15 is 0 Å². The lowest BCUT2D eigenvalue weighted by Gasteiger charge is -2.16. The first kappa shape index (κ1) is 23.1. The quantitative estimate of drug-likeness (QED) is 0.271. The molecule has 0 bridgehead atoms. The molecule has 4 aromatic rings. The van der Waals surface area contributed by atoms with E-state index in [0.29, 0.717) is 29.2 Å². The van der Waals surface area contributed by atoms with Crippen LogP contribution in [0.2, 0.25) is 0 Å². The molecule has 0 aliphatic rings. The summed E-state index contributed by atoms with van der Waals surface area (Å²) >= 11 is 0. The number of hydrogen-bond acceptors (Lipinski definition) is 3. The Morgan fingerprint density at radius 3 is 1.94 bits per heavy atom. The van der Waals surface area contributed by atoms with E-state index in [1.807, 2.05) is 60.7 Å². The van der Waals surface area contributed by atoms with Crippen molar-refractivity contribution in [2.75, 3.05) is 0 Å². The molecular weight excluding hydrogens is 439 g/mol. The van der Waals surface area contributed by atoms with Gasteiger partial charge in [0.05, 0.1) is 5.56 Å². The molecule has 6 heteroatoms. The van der Waals surface area contributed by atoms with Gasteiger partial charge in [-0.25, -0.2) is 0 Å². The van der Waals surface area contributed by atoms with Crippen molar-refractivity contribution in [3.63, 3.8) is 0 Å². The average molecular weight is 461 g/mol. The molecule has 3 aromatic carbocycles. The van der Waals surface area contributed by atoms with Gasteiger partial charge in [0.1, 0.15) is 13.2 Å². The van der Waals surface area contributed by atoms with E-state index in [4.69, 9.17) is 9.47 Å². The fourth-order valence-corrected chi connectivity index (χ4v) is 3.42. The molecule has 0 saturated carbocycles. The minimum Gasteiger partial charge on any atom is -0.473 e. The number of rotatable bonds is 8. The first-order valence-electron chi connectivity index (χ1n) is 10.6. The standard InChI is InChI=1S/C28H22F3NO2/c1-2-22-13-14-23(28(29,30)31)17-25(22)24-15-16-26(33-18-20-9-5-3-6-10-20)32-27(24)34-19-21-11-7-4-8-12-21/h2-17H,1,18-19H2. The summed E-state index contributed by atoms with van der Waals surface area (Å²) in [5.41, 5.74) is 2.40. The third kappa shape index (κ3) is 5.64. The van der Waals surface area contributed by atoms with Crippen molar-refractivity contribution in [1.29, 1.82) is 0 Å². The van der Waals surface area contributed by atoms with Crippen LogP contribution in [-0.2, 0) is 19.4 Å². The molecule has 0 atom stereocenters. The molecule has 172 valence electrons. The first-order chi connectivity index (χ1) is 16.4. The molecule has 0 spiro atoms. The zero-order chi connectivity index (χ0) is 24.0. The van der Waals surface area contributed by atoms with Gasteiger partial charge in [0.15, 0.2) is 0 Å². The Bertz CT molecular complexity index is 1260. The molecule has 0 amide bonds. The van der Waals surface area contributed by atoms with E-state index in [-0.39, 0.29) is 12.5 Å². The molecule has 0 aliphatic carbocycles. The molecule has 0 radical (unpaired) electrons. The monoisotopic (exact) mass is 461 g/mol. The lowest BCUT2D eigenvalue weighted by Crippen LogP contribution is -2.06. The van der Waals surface area contributed by atoms with Crippen LogP contribution in [0.25, 0.3) is 17.2 Å². The van der Waals surface area contributed by atoms with Crippen LogP contribution in [0.15, 0.2) is 97.6 Å². The van der Waals surface area contributed by atoms with E-state index in [2.05, 4.69) is 11.6 Å². The Kier molecular flexibility index (Phi) is 6.97. The fourth-order valence-electron chi connectivity index (χ4n) is 3.42. The van der Waals surface area contributed by atoms with Gasteiger partial charge in [0.25, 0.3) is 0 Å². The Labute approximate surface area is 196 Å². The van der Waals surface area contributed by atoms with Crippen molar-refractivity contribution in [2.24, 2.45) is 0 Å². The number of benzene rings is 3. The number of pyridine rings is 1. The molecule has 0 N–H and O–H groups in total. The molecule has 0 fully saturated rings. The number of nitrogens with zero attached hydrogens (tertiary/aromatic N) is 1. The summed E-state index contributed by atoms with van der Waals surface area (Å²) in [7, 11) is 0. The van der Waals surface area contributed by atoms with Gasteiger partial charge in [-0.3, -0.25) is 0 Å². The largest absolute Gasteiger partial charge is 0.473 e. The third-order valence-corrected chi connectivity index (χ3v) is 5.17. The van der Waals surface area contributed by atoms with E-state index < -0.39 is 11.7 Å². The topological polar surface area (TPSA) is 31.4 Å². The maximum Gasteiger partial charge on any atom is 0.416 e. The van der Waals surface area contributed by atoms with E-state index in [9.17, 15) is 13.2 Å². The maximum absolute atomic E-state index is 13.4. The second kappa shape index (κ2) is 10.3. The Balaban J connectivity index is 1.71. The predicted octanol–water partition coefficient (Wildman–Crippen LogP) is 7.57. The fraction of sp³-hybridized carbons (Fsp3) is 0.107. The number of alkyl halides is 3. The molecule has 3 nitrogen and oxygen atoms in total. The van der Waals surface area contributed by atoms with Crippen LogP contribution in [0.4, 0.5) is 13.2 Å². The van der Waals surface area contributed by atoms with Crippen molar-refractivity contribution in [1.82, 2.24) is 4.98 Å². The molecule has 4 rings (SSSR count). The van der Waals surface area contributed by atoms with Crippen molar-refractivity contribution in [3.05, 3.63) is 120 Å². The third-order valence-electron chi connectivity index (χ3n) is 5.17. The van der Waals surface area contributed by atoms with Crippen LogP contribution < -0.4 is 9.47 Å². The van der Waals surface area contributed by atoms with Gasteiger partial charge >= 0.3 is 6.18 Å². The summed E-state index contributed by atoms with van der Waals surface area (Å²) in [5, 5.41) is 0. The smallest absolute Gasteiger partial charge is 0.416 e. The zero-order valence-corrected chi connectivity index (χ0v) is 18.3. The van der Waals surface area contributed by atoms with Gasteiger partial charge in [-0.15, -0.1) is 0 Å². The minimum atomic E-state index is -4.48. The Hall–Kier alpha value is -4.06. The van der Waals surface area contributed by atoms with Gasteiger partial charge in [0.2, 0.25) is 11.8 Å². The highest BCUT2D eigenvalue weighted by molar-refractivity contribution is 5.78. The highest BCUT2D eigenvalue weighted by atomic mass is 19.4. The second-order valence-corrected chi connectivity index (χ2v) is 7.55. The van der Waals surface area contributed by atoms with E-state index in [0.717, 1.165) is 23.3 Å². The van der Waals surface area contributed by atoms with Crippen LogP contribution in [0.5, 0.6) is 11.8 Å². The van der Waals surface area contributed by atoms with Gasteiger partial charge in [-0.05, 0) is 40.5 Å². The van der Waals surface area contributed by atoms with Crippen molar-refractivity contribution in [2.45, 2.75) is 19.4 Å². The highest BCUT2D eigenvalue weighted by Gasteiger charge is 2.31. The highest BCUT2D eigenvalue weighted by Crippen LogP contribution is 2.38. The summed E-state index contributed by atoms with van der Waals surface area (Å²) in [6.45, 7) is 4.24. The van der Waals surface area contributed by atoms with Crippen LogP contribution in [0.1, 0.15) is 22.3 Å². The molecular formula is C28H22F3NO2. The molecule has 1 heterocycles. The summed E-state index contributed by atoms with van der Waals surface area (Å²) in [4.78, 5) is 4.49. The van der Waals surface area contributed by atoms with Gasteiger partial charge in [-0.2, -0.15) is 18.2 Å². The summed E-state index contributed by atoms with van der Waals surface area (Å²) in [6.07, 6.45) is -2.97. The van der Waals surface area contributed by atoms with Gasteiger partial charge in [0, 0.05) is 11.6 Å². The summed E-state index contributed by atoms with van der Waals surface area (Å²) < 4.78 is 52.1. The van der Waals surface area contributed by atoms with Crippen LogP contribution >= 0.6 is 0 Å². The molecule has 0 unspecified atom stereocenters. The Morgan fingerprint density at radius 1 is 0.735 bits per heavy atom. The van der Waals surface area contributed by atoms with E-state index in [1.54, 1.807) is 12.1 Å². The number of halogens is 3. The van der Waals surface area contributed by atoms with Crippen molar-refractivity contribution in [3.8, 4) is 22.9 Å². The number of hydrogen-bond donors (Lipinski definition) is 0. The summed E-state index contributed by atoms with van der Waals surface area (Å²) in [5.74, 6) is 0.486. The number of ether oxygens (including phenoxy) is 2. The van der Waals surface area contributed by atoms with E-state index in [1.165, 1.54) is 12.1 Å².